The molecule has 1 atom stereocenters. The lowest BCUT2D eigenvalue weighted by Gasteiger charge is -2.06. The average molecular weight is 246 g/mol. The van der Waals surface area contributed by atoms with Crippen molar-refractivity contribution in [1.82, 2.24) is 20.5 Å². The molecule has 0 aromatic carbocycles. The second-order valence-electron chi connectivity index (χ2n) is 4.31. The van der Waals surface area contributed by atoms with Crippen LogP contribution in [-0.2, 0) is 0 Å². The maximum absolute atomic E-state index is 5.68. The maximum atomic E-state index is 5.68. The number of nitrogens with one attached hydrogen (secondary N) is 1. The van der Waals surface area contributed by atoms with E-state index in [1.165, 1.54) is 0 Å². The molecule has 2 aromatic rings. The van der Waals surface area contributed by atoms with Gasteiger partial charge in [-0.2, -0.15) is 0 Å². The van der Waals surface area contributed by atoms with Gasteiger partial charge in [-0.15, -0.1) is 10.2 Å². The van der Waals surface area contributed by atoms with Gasteiger partial charge in [0, 0.05) is 5.69 Å². The van der Waals surface area contributed by atoms with Crippen LogP contribution in [0.15, 0.2) is 16.5 Å². The fraction of sp³-hybridized carbons (Fsp3) is 0.462. The van der Waals surface area contributed by atoms with Crippen molar-refractivity contribution in [3.63, 3.8) is 0 Å². The van der Waals surface area contributed by atoms with Crippen LogP contribution in [0.1, 0.15) is 37.2 Å². The molecule has 0 fully saturated rings. The van der Waals surface area contributed by atoms with Crippen molar-refractivity contribution in [2.24, 2.45) is 0 Å². The van der Waals surface area contributed by atoms with Crippen molar-refractivity contribution >= 4 is 0 Å². The van der Waals surface area contributed by atoms with Gasteiger partial charge < -0.3 is 9.73 Å². The zero-order valence-electron chi connectivity index (χ0n) is 11.2. The van der Waals surface area contributed by atoms with Gasteiger partial charge in [-0.05, 0) is 39.4 Å². The number of rotatable bonds is 4. The molecule has 0 amide bonds. The summed E-state index contributed by atoms with van der Waals surface area (Å²) in [5.41, 5.74) is 2.78. The first-order valence-electron chi connectivity index (χ1n) is 6.13. The van der Waals surface area contributed by atoms with Crippen molar-refractivity contribution in [2.75, 3.05) is 6.54 Å². The molecule has 0 spiro atoms. The lowest BCUT2D eigenvalue weighted by atomic mass is 10.2. The highest BCUT2D eigenvalue weighted by atomic mass is 16.4. The Morgan fingerprint density at radius 3 is 2.72 bits per heavy atom. The van der Waals surface area contributed by atoms with E-state index >= 15 is 0 Å². The largest absolute Gasteiger partial charge is 0.419 e. The number of nitrogens with zero attached hydrogens (tertiary/aromatic N) is 3. The van der Waals surface area contributed by atoms with Crippen molar-refractivity contribution < 1.29 is 4.42 Å². The Morgan fingerprint density at radius 1 is 1.28 bits per heavy atom. The normalized spacial score (nSPS) is 12.7. The smallest absolute Gasteiger partial charge is 0.249 e. The van der Waals surface area contributed by atoms with Gasteiger partial charge in [0.05, 0.1) is 17.3 Å². The number of aromatic nitrogens is 3. The summed E-state index contributed by atoms with van der Waals surface area (Å²) in [5.74, 6) is 1.13. The van der Waals surface area contributed by atoms with Gasteiger partial charge in [-0.1, -0.05) is 6.92 Å². The van der Waals surface area contributed by atoms with Crippen LogP contribution in [0.25, 0.3) is 11.5 Å². The van der Waals surface area contributed by atoms with Crippen LogP contribution in [0.2, 0.25) is 0 Å². The minimum absolute atomic E-state index is 0.0648. The van der Waals surface area contributed by atoms with Crippen molar-refractivity contribution in [1.29, 1.82) is 0 Å². The summed E-state index contributed by atoms with van der Waals surface area (Å²) in [4.78, 5) is 4.40. The summed E-state index contributed by atoms with van der Waals surface area (Å²) in [6, 6.07) is 3.97. The van der Waals surface area contributed by atoms with Gasteiger partial charge in [0.15, 0.2) is 0 Å². The molecule has 5 heteroatoms. The van der Waals surface area contributed by atoms with Gasteiger partial charge in [0.2, 0.25) is 11.8 Å². The number of hydrogen-bond acceptors (Lipinski definition) is 5. The van der Waals surface area contributed by atoms with E-state index in [0.29, 0.717) is 11.8 Å². The molecule has 5 nitrogen and oxygen atoms in total. The van der Waals surface area contributed by atoms with E-state index in [4.69, 9.17) is 4.42 Å². The highest BCUT2D eigenvalue weighted by Crippen LogP contribution is 2.22. The minimum Gasteiger partial charge on any atom is -0.419 e. The Balaban J connectivity index is 2.29. The third-order valence-electron chi connectivity index (χ3n) is 2.78. The molecule has 0 radical (unpaired) electrons. The minimum atomic E-state index is 0.0648. The molecule has 2 aromatic heterocycles. The molecule has 1 N–H and O–H groups in total. The van der Waals surface area contributed by atoms with Crippen molar-refractivity contribution in [3.05, 3.63) is 29.4 Å². The van der Waals surface area contributed by atoms with E-state index in [9.17, 15) is 0 Å². The summed E-state index contributed by atoms with van der Waals surface area (Å²) >= 11 is 0. The summed E-state index contributed by atoms with van der Waals surface area (Å²) < 4.78 is 5.68. The van der Waals surface area contributed by atoms with Crippen LogP contribution in [-0.4, -0.2) is 21.7 Å². The molecule has 0 bridgehead atoms. The Hall–Kier alpha value is -1.75. The van der Waals surface area contributed by atoms with E-state index in [2.05, 4.69) is 20.5 Å². The molecule has 0 aliphatic heterocycles. The van der Waals surface area contributed by atoms with Crippen LogP contribution >= 0.6 is 0 Å². The molecular formula is C13H18N4O. The lowest BCUT2D eigenvalue weighted by Crippen LogP contribution is -2.17. The first kappa shape index (κ1) is 12.7. The van der Waals surface area contributed by atoms with E-state index in [-0.39, 0.29) is 6.04 Å². The second-order valence-corrected chi connectivity index (χ2v) is 4.31. The fourth-order valence-electron chi connectivity index (χ4n) is 1.82. The molecule has 1 unspecified atom stereocenters. The molecule has 0 aliphatic carbocycles. The second kappa shape index (κ2) is 5.27. The zero-order chi connectivity index (χ0) is 13.1. The standard InChI is InChI=1S/C13H18N4O/c1-5-14-10(4)12-16-17-13(18-12)11-7-6-8(2)15-9(11)3/h6-7,10,14H,5H2,1-4H3. The van der Waals surface area contributed by atoms with E-state index in [1.807, 2.05) is 39.8 Å². The summed E-state index contributed by atoms with van der Waals surface area (Å²) in [6.45, 7) is 8.82. The van der Waals surface area contributed by atoms with Crippen LogP contribution in [0.3, 0.4) is 0 Å². The topological polar surface area (TPSA) is 63.8 Å². The van der Waals surface area contributed by atoms with Crippen LogP contribution in [0.5, 0.6) is 0 Å². The van der Waals surface area contributed by atoms with Gasteiger partial charge >= 0.3 is 0 Å². The van der Waals surface area contributed by atoms with Gasteiger partial charge in [-0.25, -0.2) is 0 Å². The molecule has 0 saturated carbocycles. The summed E-state index contributed by atoms with van der Waals surface area (Å²) in [7, 11) is 0. The van der Waals surface area contributed by atoms with Crippen molar-refractivity contribution in [3.8, 4) is 11.5 Å². The molecule has 96 valence electrons. The lowest BCUT2D eigenvalue weighted by molar-refractivity contribution is 0.428. The fourth-order valence-corrected chi connectivity index (χ4v) is 1.82. The highest BCUT2D eigenvalue weighted by Gasteiger charge is 2.15. The summed E-state index contributed by atoms with van der Waals surface area (Å²) in [6.07, 6.45) is 0. The Bertz CT molecular complexity index is 536. The first-order chi connectivity index (χ1) is 8.61. The van der Waals surface area contributed by atoms with Crippen LogP contribution in [0, 0.1) is 13.8 Å². The third-order valence-corrected chi connectivity index (χ3v) is 2.78. The predicted octanol–water partition coefficient (Wildman–Crippen LogP) is 2.42. The van der Waals surface area contributed by atoms with Gasteiger partial charge in [0.25, 0.3) is 0 Å². The number of pyridine rings is 1. The van der Waals surface area contributed by atoms with E-state index in [0.717, 1.165) is 23.5 Å². The van der Waals surface area contributed by atoms with Crippen LogP contribution < -0.4 is 5.32 Å². The molecule has 2 heterocycles. The van der Waals surface area contributed by atoms with Gasteiger partial charge in [0.1, 0.15) is 0 Å². The van der Waals surface area contributed by atoms with Crippen molar-refractivity contribution in [2.45, 2.75) is 33.7 Å². The third kappa shape index (κ3) is 2.56. The number of aryl methyl sites for hydroxylation is 2. The molecule has 2 rings (SSSR count). The SMILES string of the molecule is CCNC(C)c1nnc(-c2ccc(C)nc2C)o1. The predicted molar refractivity (Wildman–Crippen MR) is 69.1 cm³/mol. The number of hydrogen-bond donors (Lipinski definition) is 1. The Morgan fingerprint density at radius 2 is 2.06 bits per heavy atom. The van der Waals surface area contributed by atoms with E-state index < -0.39 is 0 Å². The quantitative estimate of drug-likeness (QED) is 0.897. The maximum Gasteiger partial charge on any atom is 0.249 e. The molecular weight excluding hydrogens is 228 g/mol. The zero-order valence-corrected chi connectivity index (χ0v) is 11.2. The highest BCUT2D eigenvalue weighted by molar-refractivity contribution is 5.55. The molecule has 0 aliphatic rings. The van der Waals surface area contributed by atoms with Crippen LogP contribution in [0.4, 0.5) is 0 Å². The Kier molecular flexibility index (Phi) is 3.72. The Labute approximate surface area is 107 Å². The monoisotopic (exact) mass is 246 g/mol. The molecule has 18 heavy (non-hydrogen) atoms. The summed E-state index contributed by atoms with van der Waals surface area (Å²) in [5, 5.41) is 11.4. The van der Waals surface area contributed by atoms with E-state index in [1.54, 1.807) is 0 Å². The first-order valence-corrected chi connectivity index (χ1v) is 6.13. The average Bonchev–Trinajstić information content (AvgIpc) is 2.78. The molecule has 0 saturated heterocycles. The van der Waals surface area contributed by atoms with Gasteiger partial charge in [-0.3, -0.25) is 4.98 Å².